The van der Waals surface area contributed by atoms with Gasteiger partial charge in [0.15, 0.2) is 0 Å². The van der Waals surface area contributed by atoms with Crippen molar-refractivity contribution >= 4 is 21.9 Å². The molecule has 202 valence electrons. The molecule has 4 rings (SSSR count). The molecule has 0 saturated carbocycles. The van der Waals surface area contributed by atoms with Gasteiger partial charge in [-0.3, -0.25) is 4.79 Å². The van der Waals surface area contributed by atoms with Gasteiger partial charge in [0.25, 0.3) is 0 Å². The van der Waals surface area contributed by atoms with E-state index in [9.17, 15) is 41.4 Å². The minimum atomic E-state index is -5.03. The van der Waals surface area contributed by atoms with Crippen LogP contribution in [0, 0.1) is 0 Å². The number of nitrogens with two attached hydrogens (primary N) is 1. The Labute approximate surface area is 210 Å². The summed E-state index contributed by atoms with van der Waals surface area (Å²) < 4.78 is 89.9. The van der Waals surface area contributed by atoms with Crippen LogP contribution in [0.5, 0.6) is 11.5 Å². The molecule has 6 nitrogen and oxygen atoms in total. The predicted octanol–water partition coefficient (Wildman–Crippen LogP) is 5.39. The molecule has 4 aromatic rings. The average molecular weight is 541 g/mol. The molecule has 0 fully saturated rings. The first kappa shape index (κ1) is 27.4. The Kier molecular flexibility index (Phi) is 7.17. The normalized spacial score (nSPS) is 12.9. The van der Waals surface area contributed by atoms with E-state index >= 15 is 0 Å². The number of alkyl halides is 6. The van der Waals surface area contributed by atoms with E-state index in [2.05, 4.69) is 0 Å². The molecule has 0 atom stereocenters. The number of rotatable bonds is 7. The first-order valence-corrected chi connectivity index (χ1v) is 11.2. The Balaban J connectivity index is 1.69. The second-order valence-corrected chi connectivity index (χ2v) is 8.94. The lowest BCUT2D eigenvalue weighted by molar-refractivity contribution is -0.143. The van der Waals surface area contributed by atoms with Crippen molar-refractivity contribution in [2.75, 3.05) is 13.2 Å². The molecule has 0 amide bonds. The fraction of sp³-hybridized carbons (Fsp3) is 0.269. The molecule has 0 radical (unpaired) electrons. The molecule has 0 aliphatic heterocycles. The van der Waals surface area contributed by atoms with Gasteiger partial charge in [0.2, 0.25) is 5.43 Å². The Morgan fingerprint density at radius 1 is 0.763 bits per heavy atom. The van der Waals surface area contributed by atoms with Crippen molar-refractivity contribution in [1.29, 1.82) is 0 Å². The molecule has 38 heavy (non-hydrogen) atoms. The van der Waals surface area contributed by atoms with Crippen molar-refractivity contribution in [3.05, 3.63) is 81.5 Å². The molecule has 0 saturated heterocycles. The summed E-state index contributed by atoms with van der Waals surface area (Å²) in [4.78, 5) is 13.1. The summed E-state index contributed by atoms with van der Waals surface area (Å²) in [5.74, 6) is -0.836. The van der Waals surface area contributed by atoms with Crippen molar-refractivity contribution in [1.82, 2.24) is 0 Å². The van der Waals surface area contributed by atoms with Crippen LogP contribution in [0.2, 0.25) is 0 Å². The van der Waals surface area contributed by atoms with Gasteiger partial charge in [0, 0.05) is 6.07 Å². The molecule has 3 aromatic carbocycles. The monoisotopic (exact) mass is 541 g/mol. The van der Waals surface area contributed by atoms with Crippen LogP contribution in [0.1, 0.15) is 23.1 Å². The van der Waals surface area contributed by atoms with E-state index in [0.29, 0.717) is 24.1 Å². The van der Waals surface area contributed by atoms with Crippen molar-refractivity contribution in [2.24, 2.45) is 5.73 Å². The third-order valence-corrected chi connectivity index (χ3v) is 6.04. The molecule has 0 spiro atoms. The van der Waals surface area contributed by atoms with Gasteiger partial charge in [-0.2, -0.15) is 26.3 Å². The van der Waals surface area contributed by atoms with Crippen LogP contribution in [0.4, 0.5) is 26.3 Å². The number of halogens is 6. The van der Waals surface area contributed by atoms with Crippen LogP contribution < -0.4 is 15.9 Å². The van der Waals surface area contributed by atoms with Crippen molar-refractivity contribution in [3.8, 4) is 11.5 Å². The minimum absolute atomic E-state index is 0.00615. The Morgan fingerprint density at radius 3 is 1.97 bits per heavy atom. The number of aliphatic hydroxyl groups is 2. The molecular weight excluding hydrogens is 520 g/mol. The number of benzene rings is 3. The highest BCUT2D eigenvalue weighted by atomic mass is 19.4. The zero-order valence-corrected chi connectivity index (χ0v) is 19.5. The molecule has 12 heteroatoms. The van der Waals surface area contributed by atoms with Gasteiger partial charge in [-0.25, -0.2) is 0 Å². The molecule has 0 aliphatic rings. The third-order valence-electron chi connectivity index (χ3n) is 6.04. The summed E-state index contributed by atoms with van der Waals surface area (Å²) in [6.45, 7) is -0.849. The molecule has 0 unspecified atom stereocenters. The maximum atomic E-state index is 13.1. The lowest BCUT2D eigenvalue weighted by Gasteiger charge is -2.24. The predicted molar refractivity (Wildman–Crippen MR) is 126 cm³/mol. The van der Waals surface area contributed by atoms with Crippen LogP contribution in [0.3, 0.4) is 0 Å². The third kappa shape index (κ3) is 5.77. The van der Waals surface area contributed by atoms with E-state index in [-0.39, 0.29) is 40.2 Å². The van der Waals surface area contributed by atoms with E-state index in [1.807, 2.05) is 0 Å². The van der Waals surface area contributed by atoms with Gasteiger partial charge < -0.3 is 25.1 Å². The van der Waals surface area contributed by atoms with Crippen molar-refractivity contribution < 1.29 is 45.7 Å². The zero-order valence-electron chi connectivity index (χ0n) is 19.5. The van der Waals surface area contributed by atoms with Crippen LogP contribution in [0.25, 0.3) is 21.9 Å². The highest BCUT2D eigenvalue weighted by Crippen LogP contribution is 2.39. The minimum Gasteiger partial charge on any atom is -0.457 e. The summed E-state index contributed by atoms with van der Waals surface area (Å²) in [7, 11) is 0. The van der Waals surface area contributed by atoms with E-state index in [4.69, 9.17) is 14.9 Å². The standard InChI is InChI=1S/C26H21F6NO5/c27-25(28,29)15-8-16(26(30,31)32)10-18(9-15)37-17-2-3-19-22(11-17)38-21-4-1-14(7-20(21)23(19)36)5-6-24(33,12-34)13-35/h1-4,7-11,34-35H,5-6,12-13,33H2. The number of fused-ring (bicyclic) bond motifs is 2. The highest BCUT2D eigenvalue weighted by Gasteiger charge is 2.37. The average Bonchev–Trinajstić information content (AvgIpc) is 2.86. The van der Waals surface area contributed by atoms with Crippen LogP contribution in [0.15, 0.2) is 63.8 Å². The quantitative estimate of drug-likeness (QED) is 0.214. The second kappa shape index (κ2) is 9.93. The van der Waals surface area contributed by atoms with Crippen LogP contribution >= 0.6 is 0 Å². The molecular formula is C26H21F6NO5. The number of hydrogen-bond donors (Lipinski definition) is 3. The maximum Gasteiger partial charge on any atom is 0.416 e. The lowest BCUT2D eigenvalue weighted by Crippen LogP contribution is -2.47. The lowest BCUT2D eigenvalue weighted by atomic mass is 9.93. The molecule has 4 N–H and O–H groups in total. The van der Waals surface area contributed by atoms with Gasteiger partial charge in [-0.05, 0) is 60.9 Å². The SMILES string of the molecule is NC(CO)(CO)CCc1ccc2oc3cc(Oc4cc(C(F)(F)F)cc(C(F)(F)F)c4)ccc3c(=O)c2c1. The van der Waals surface area contributed by atoms with Crippen LogP contribution in [-0.4, -0.2) is 29.0 Å². The summed E-state index contributed by atoms with van der Waals surface area (Å²) in [6, 6.07) is 9.38. The molecule has 0 bridgehead atoms. The Hall–Kier alpha value is -3.61. The maximum absolute atomic E-state index is 13.1. The zero-order chi connectivity index (χ0) is 27.9. The van der Waals surface area contributed by atoms with E-state index in [1.54, 1.807) is 12.1 Å². The van der Waals surface area contributed by atoms with Gasteiger partial charge in [0.05, 0.1) is 40.7 Å². The largest absolute Gasteiger partial charge is 0.457 e. The molecule has 0 aliphatic carbocycles. The van der Waals surface area contributed by atoms with Crippen molar-refractivity contribution in [3.63, 3.8) is 0 Å². The number of aliphatic hydroxyl groups excluding tert-OH is 2. The summed E-state index contributed by atoms with van der Waals surface area (Å²) in [6.07, 6.45) is -9.46. The van der Waals surface area contributed by atoms with E-state index in [0.717, 1.165) is 0 Å². The molecule has 1 heterocycles. The Bertz CT molecular complexity index is 1510. The number of aryl methyl sites for hydroxylation is 1. The number of ether oxygens (including phenoxy) is 1. The summed E-state index contributed by atoms with van der Waals surface area (Å²) in [5, 5.41) is 19.0. The van der Waals surface area contributed by atoms with E-state index in [1.165, 1.54) is 24.3 Å². The van der Waals surface area contributed by atoms with Gasteiger partial charge in [0.1, 0.15) is 22.7 Å². The van der Waals surface area contributed by atoms with Crippen molar-refractivity contribution in [2.45, 2.75) is 30.7 Å². The number of hydrogen-bond acceptors (Lipinski definition) is 6. The summed E-state index contributed by atoms with van der Waals surface area (Å²) in [5.41, 5.74) is 2.13. The first-order valence-electron chi connectivity index (χ1n) is 11.2. The topological polar surface area (TPSA) is 106 Å². The fourth-order valence-electron chi connectivity index (χ4n) is 3.82. The highest BCUT2D eigenvalue weighted by molar-refractivity contribution is 5.90. The van der Waals surface area contributed by atoms with Gasteiger partial charge >= 0.3 is 12.4 Å². The summed E-state index contributed by atoms with van der Waals surface area (Å²) >= 11 is 0. The smallest absolute Gasteiger partial charge is 0.416 e. The van der Waals surface area contributed by atoms with Gasteiger partial charge in [-0.1, -0.05) is 6.07 Å². The second-order valence-electron chi connectivity index (χ2n) is 8.94. The fourth-order valence-corrected chi connectivity index (χ4v) is 3.82. The Morgan fingerprint density at radius 2 is 1.39 bits per heavy atom. The van der Waals surface area contributed by atoms with E-state index < -0.39 is 53.4 Å². The molecule has 1 aromatic heterocycles. The first-order chi connectivity index (χ1) is 17.7. The van der Waals surface area contributed by atoms with Gasteiger partial charge in [-0.15, -0.1) is 0 Å². The van der Waals surface area contributed by atoms with Crippen LogP contribution in [-0.2, 0) is 18.8 Å².